The first kappa shape index (κ1) is 82.0. The third kappa shape index (κ3) is 72.5. The number of hydrogen-bond donors (Lipinski definition) is 1. The summed E-state index contributed by atoms with van der Waals surface area (Å²) in [4.78, 5) is 24.7. The summed E-state index contributed by atoms with van der Waals surface area (Å²) in [6, 6.07) is 0. The zero-order valence-corrected chi connectivity index (χ0v) is 56.5. The zero-order chi connectivity index (χ0) is 61.9. The van der Waals surface area contributed by atoms with Gasteiger partial charge in [0.25, 0.3) is 0 Å². The van der Waals surface area contributed by atoms with Crippen LogP contribution >= 0.6 is 0 Å². The fourth-order valence-corrected chi connectivity index (χ4v) is 10.5. The van der Waals surface area contributed by atoms with E-state index in [2.05, 4.69) is 148 Å². The molecule has 0 aromatic carbocycles. The van der Waals surface area contributed by atoms with Crippen molar-refractivity contribution in [3.8, 4) is 0 Å². The van der Waals surface area contributed by atoms with Crippen LogP contribution in [0.3, 0.4) is 0 Å². The van der Waals surface area contributed by atoms with Crippen molar-refractivity contribution in [2.75, 3.05) is 13.2 Å². The van der Waals surface area contributed by atoms with Crippen LogP contribution in [0, 0.1) is 0 Å². The fraction of sp³-hybridized carbons (Fsp3) is 0.704. The van der Waals surface area contributed by atoms with Crippen LogP contribution in [0.25, 0.3) is 0 Å². The quantitative estimate of drug-likeness (QED) is 0.0373. The van der Waals surface area contributed by atoms with Gasteiger partial charge < -0.3 is 14.6 Å². The predicted octanol–water partition coefficient (Wildman–Crippen LogP) is 25.9. The van der Waals surface area contributed by atoms with Gasteiger partial charge in [0.15, 0.2) is 6.10 Å². The van der Waals surface area contributed by atoms with E-state index in [1.54, 1.807) is 0 Å². The van der Waals surface area contributed by atoms with Crippen LogP contribution < -0.4 is 0 Å². The lowest BCUT2D eigenvalue weighted by molar-refractivity contribution is -0.161. The minimum Gasteiger partial charge on any atom is -0.462 e. The Hall–Kier alpha value is -3.96. The number of hydrogen-bond acceptors (Lipinski definition) is 5. The van der Waals surface area contributed by atoms with E-state index in [0.717, 1.165) is 109 Å². The third-order valence-corrected chi connectivity index (χ3v) is 15.9. The Balaban J connectivity index is 3.52. The average molecular weight is 1190 g/mol. The molecule has 0 spiro atoms. The second kappa shape index (κ2) is 75.3. The lowest BCUT2D eigenvalue weighted by atomic mass is 10.0. The standard InChI is InChI=1S/C81H138O5/c1-3-5-7-9-11-13-15-17-19-21-23-25-27-29-31-33-35-37-38-39-40-41-42-44-46-48-50-52-54-56-58-60-62-64-66-68-70-72-74-76-81(84)86-79(77-82)78-85-80(83)75-73-71-69-67-65-63-61-59-57-55-53-51-49-47-45-43-36-34-32-30-28-26-24-22-20-18-16-14-12-10-8-6-4-2/h5,7,11,13,17,19,22-25,29,31,35,37,39-40,42,44,48,50,54,56,79,82H,3-4,6,8-10,12,14-16,18,20-21,26-28,30,32-34,36,38,41,43,45-47,49,51-53,55,57-78H2,1-2H3/b7-5-,13-11-,19-17-,24-22-,25-23-,31-29-,37-35-,40-39-,44-42-,50-48-,56-54-. The van der Waals surface area contributed by atoms with E-state index in [4.69, 9.17) is 9.47 Å². The molecule has 0 bridgehead atoms. The van der Waals surface area contributed by atoms with Crippen molar-refractivity contribution < 1.29 is 24.2 Å². The first-order valence-corrected chi connectivity index (χ1v) is 36.7. The van der Waals surface area contributed by atoms with Crippen LogP contribution in [0.15, 0.2) is 134 Å². The molecule has 0 amide bonds. The highest BCUT2D eigenvalue weighted by molar-refractivity contribution is 5.70. The monoisotopic (exact) mass is 1190 g/mol. The highest BCUT2D eigenvalue weighted by Crippen LogP contribution is 2.18. The molecule has 1 unspecified atom stereocenters. The van der Waals surface area contributed by atoms with Gasteiger partial charge in [-0.1, -0.05) is 353 Å². The third-order valence-electron chi connectivity index (χ3n) is 15.9. The van der Waals surface area contributed by atoms with Crippen LogP contribution in [0.4, 0.5) is 0 Å². The number of unbranched alkanes of at least 4 members (excludes halogenated alkanes) is 37. The summed E-state index contributed by atoms with van der Waals surface area (Å²) in [6.07, 6.45) is 112. The molecule has 0 fully saturated rings. The maximum Gasteiger partial charge on any atom is 0.306 e. The second-order valence-electron chi connectivity index (χ2n) is 24.3. The molecular formula is C81H138O5. The number of allylic oxidation sites excluding steroid dienone is 22. The van der Waals surface area contributed by atoms with Crippen molar-refractivity contribution >= 4 is 11.9 Å². The van der Waals surface area contributed by atoms with E-state index < -0.39 is 6.10 Å². The minimum atomic E-state index is -0.785. The van der Waals surface area contributed by atoms with Crippen molar-refractivity contribution in [2.45, 2.75) is 354 Å². The molecule has 492 valence electrons. The molecule has 0 aromatic heterocycles. The smallest absolute Gasteiger partial charge is 0.306 e. The van der Waals surface area contributed by atoms with Crippen LogP contribution in [0.2, 0.25) is 0 Å². The molecule has 0 radical (unpaired) electrons. The first-order valence-electron chi connectivity index (χ1n) is 36.7. The molecule has 1 atom stereocenters. The summed E-state index contributed by atoms with van der Waals surface area (Å²) in [6.45, 7) is 4.05. The highest BCUT2D eigenvalue weighted by Gasteiger charge is 2.16. The van der Waals surface area contributed by atoms with Gasteiger partial charge in [-0.3, -0.25) is 9.59 Å². The summed E-state index contributed by atoms with van der Waals surface area (Å²) in [7, 11) is 0. The van der Waals surface area contributed by atoms with Gasteiger partial charge in [-0.25, -0.2) is 0 Å². The molecule has 5 nitrogen and oxygen atoms in total. The van der Waals surface area contributed by atoms with Crippen LogP contribution in [-0.4, -0.2) is 36.4 Å². The molecule has 86 heavy (non-hydrogen) atoms. The number of carbonyl (C=O) groups excluding carboxylic acids is 2. The maximum absolute atomic E-state index is 12.4. The van der Waals surface area contributed by atoms with Gasteiger partial charge in [-0.15, -0.1) is 0 Å². The normalized spacial score (nSPS) is 13.0. The summed E-state index contributed by atoms with van der Waals surface area (Å²) in [5, 5.41) is 9.71. The molecule has 0 aromatic rings. The molecule has 0 rings (SSSR count). The largest absolute Gasteiger partial charge is 0.462 e. The number of aliphatic hydroxyl groups excluding tert-OH is 1. The Bertz CT molecular complexity index is 1730. The van der Waals surface area contributed by atoms with E-state index in [9.17, 15) is 14.7 Å². The number of esters is 2. The molecule has 0 heterocycles. The number of aliphatic hydroxyl groups is 1. The van der Waals surface area contributed by atoms with Crippen molar-refractivity contribution in [2.24, 2.45) is 0 Å². The van der Waals surface area contributed by atoms with Crippen LogP contribution in [0.5, 0.6) is 0 Å². The van der Waals surface area contributed by atoms with Crippen molar-refractivity contribution in [3.05, 3.63) is 134 Å². The Morgan fingerprint density at radius 3 is 0.767 bits per heavy atom. The van der Waals surface area contributed by atoms with Crippen LogP contribution in [0.1, 0.15) is 348 Å². The highest BCUT2D eigenvalue weighted by atomic mass is 16.6. The summed E-state index contributed by atoms with van der Waals surface area (Å²) >= 11 is 0. The molecule has 5 heteroatoms. The van der Waals surface area contributed by atoms with Gasteiger partial charge in [-0.05, 0) is 116 Å². The first-order chi connectivity index (χ1) is 42.6. The summed E-state index contributed by atoms with van der Waals surface area (Å²) < 4.78 is 10.8. The van der Waals surface area contributed by atoms with E-state index in [-0.39, 0.29) is 25.2 Å². The lowest BCUT2D eigenvalue weighted by Gasteiger charge is -2.15. The molecule has 0 saturated heterocycles. The second-order valence-corrected chi connectivity index (χ2v) is 24.3. The van der Waals surface area contributed by atoms with E-state index in [1.165, 1.54) is 212 Å². The van der Waals surface area contributed by atoms with Crippen molar-refractivity contribution in [3.63, 3.8) is 0 Å². The van der Waals surface area contributed by atoms with Gasteiger partial charge in [-0.2, -0.15) is 0 Å². The lowest BCUT2D eigenvalue weighted by Crippen LogP contribution is -2.28. The molecule has 1 N–H and O–H groups in total. The van der Waals surface area contributed by atoms with Crippen LogP contribution in [-0.2, 0) is 19.1 Å². The number of ether oxygens (including phenoxy) is 2. The van der Waals surface area contributed by atoms with Gasteiger partial charge in [0, 0.05) is 12.8 Å². The van der Waals surface area contributed by atoms with Crippen molar-refractivity contribution in [1.82, 2.24) is 0 Å². The van der Waals surface area contributed by atoms with Gasteiger partial charge >= 0.3 is 11.9 Å². The fourth-order valence-electron chi connectivity index (χ4n) is 10.5. The number of carbonyl (C=O) groups is 2. The molecule has 0 aliphatic carbocycles. The topological polar surface area (TPSA) is 72.8 Å². The Kier molecular flexibility index (Phi) is 71.8. The average Bonchev–Trinajstić information content (AvgIpc) is 3.55. The van der Waals surface area contributed by atoms with E-state index >= 15 is 0 Å². The Morgan fingerprint density at radius 2 is 0.500 bits per heavy atom. The van der Waals surface area contributed by atoms with E-state index in [0.29, 0.717) is 12.8 Å². The summed E-state index contributed by atoms with van der Waals surface area (Å²) in [5.41, 5.74) is 0. The van der Waals surface area contributed by atoms with Crippen molar-refractivity contribution in [1.29, 1.82) is 0 Å². The Labute approximate surface area is 534 Å². The van der Waals surface area contributed by atoms with Gasteiger partial charge in [0.1, 0.15) is 6.61 Å². The van der Waals surface area contributed by atoms with E-state index in [1.807, 2.05) is 0 Å². The SMILES string of the molecule is CC/C=C\C/C=C\C/C=C\C/C=C\C/C=C\C/C=C\C/C=C\C/C=C\C/C=C\C/C=C\CCCCCCCCCCC(=O)OC(CO)COC(=O)CCCCCCCCCCCCCCCCCCCCCCC/C=C\CCCCCCCCCC. The molecular weight excluding hydrogens is 1050 g/mol. The molecule has 0 aliphatic rings. The van der Waals surface area contributed by atoms with Gasteiger partial charge in [0.05, 0.1) is 6.61 Å². The summed E-state index contributed by atoms with van der Waals surface area (Å²) in [5.74, 6) is -0.593. The molecule has 0 saturated carbocycles. The molecule has 0 aliphatic heterocycles. The Morgan fingerprint density at radius 1 is 0.279 bits per heavy atom. The van der Waals surface area contributed by atoms with Gasteiger partial charge in [0.2, 0.25) is 0 Å². The maximum atomic E-state index is 12.4. The minimum absolute atomic E-state index is 0.0726. The number of rotatable bonds is 67. The predicted molar refractivity (Wildman–Crippen MR) is 380 cm³/mol. The zero-order valence-electron chi connectivity index (χ0n) is 56.5.